The Morgan fingerprint density at radius 1 is 0.486 bits per heavy atom. The van der Waals surface area contributed by atoms with Crippen LogP contribution in [0.1, 0.15) is 11.5 Å². The van der Waals surface area contributed by atoms with Gasteiger partial charge in [-0.1, -0.05) is 0 Å². The first kappa shape index (κ1) is 27.9. The largest absolute Gasteiger partial charge is 0.459 e. The maximum atomic E-state index is 14.6. The van der Waals surface area contributed by atoms with Gasteiger partial charge >= 0.3 is 18.3 Å². The van der Waals surface area contributed by atoms with Gasteiger partial charge in [0.25, 0.3) is 11.9 Å². The minimum atomic E-state index is -6.64. The quantitative estimate of drug-likeness (QED) is 0.196. The summed E-state index contributed by atoms with van der Waals surface area (Å²) < 4.78 is 217. The van der Waals surface area contributed by atoms with Gasteiger partial charge in [-0.2, -0.15) is 48.9 Å². The molecule has 0 N–H and O–H groups in total. The lowest BCUT2D eigenvalue weighted by molar-refractivity contribution is -0.291. The van der Waals surface area contributed by atoms with Crippen LogP contribution in [0.15, 0.2) is 6.07 Å². The Morgan fingerprint density at radius 3 is 1.30 bits per heavy atom. The molecular weight excluding hydrogens is 562 g/mol. The summed E-state index contributed by atoms with van der Waals surface area (Å²) >= 11 is 0. The van der Waals surface area contributed by atoms with Crippen LogP contribution in [0.3, 0.4) is 0 Å². The summed E-state index contributed by atoms with van der Waals surface area (Å²) in [5, 5.41) is 0. The summed E-state index contributed by atoms with van der Waals surface area (Å²) in [5.74, 6) is -31.5. The first-order chi connectivity index (χ1) is 16.7. The van der Waals surface area contributed by atoms with E-state index in [1.54, 1.807) is 0 Å². The molecule has 3 rings (SSSR count). The third-order valence-electron chi connectivity index (χ3n) is 4.42. The van der Waals surface area contributed by atoms with Crippen LogP contribution in [0.25, 0.3) is 22.4 Å². The topological polar surface area (TPSA) is 38.7 Å². The molecule has 2 aromatic heterocycles. The lowest BCUT2D eigenvalue weighted by Gasteiger charge is -2.21. The lowest BCUT2D eigenvalue weighted by Crippen LogP contribution is -2.35. The number of alkyl halides is 8. The normalized spacial score (nSPS) is 12.9. The Balaban J connectivity index is 2.44. The van der Waals surface area contributed by atoms with Gasteiger partial charge in [-0.25, -0.2) is 36.3 Å². The van der Waals surface area contributed by atoms with Gasteiger partial charge in [0.1, 0.15) is 5.69 Å². The van der Waals surface area contributed by atoms with Crippen molar-refractivity contribution in [2.75, 3.05) is 0 Å². The highest BCUT2D eigenvalue weighted by Gasteiger charge is 2.60. The van der Waals surface area contributed by atoms with E-state index in [1.165, 1.54) is 0 Å². The molecular formula is C18HF16N3. The fourth-order valence-corrected chi connectivity index (χ4v) is 2.79. The number of nitrogens with zero attached hydrogens (tertiary/aromatic N) is 3. The van der Waals surface area contributed by atoms with E-state index < -0.39 is 105 Å². The predicted molar refractivity (Wildman–Crippen MR) is 85.3 cm³/mol. The molecule has 19 heteroatoms. The van der Waals surface area contributed by atoms with Gasteiger partial charge in [0, 0.05) is 0 Å². The zero-order chi connectivity index (χ0) is 28.4. The lowest BCUT2D eigenvalue weighted by atomic mass is 9.98. The first-order valence-electron chi connectivity index (χ1n) is 8.69. The summed E-state index contributed by atoms with van der Waals surface area (Å²) in [6.45, 7) is 0. The number of pyridine rings is 1. The first-order valence-corrected chi connectivity index (χ1v) is 8.69. The number of hydrogen-bond donors (Lipinski definition) is 0. The summed E-state index contributed by atoms with van der Waals surface area (Å²) in [6, 6.07) is -0.796. The van der Waals surface area contributed by atoms with E-state index >= 15 is 0 Å². The molecule has 3 aromatic rings. The predicted octanol–water partition coefficient (Wildman–Crippen LogP) is 6.99. The summed E-state index contributed by atoms with van der Waals surface area (Å²) in [7, 11) is 0. The van der Waals surface area contributed by atoms with Gasteiger partial charge in [-0.05, 0) is 6.07 Å². The second-order valence-corrected chi connectivity index (χ2v) is 6.73. The summed E-state index contributed by atoms with van der Waals surface area (Å²) in [4.78, 5) is 6.28. The van der Waals surface area contributed by atoms with Crippen LogP contribution in [0.2, 0.25) is 0 Å². The van der Waals surface area contributed by atoms with Crippen LogP contribution >= 0.6 is 0 Å². The molecule has 0 aliphatic heterocycles. The van der Waals surface area contributed by atoms with Gasteiger partial charge in [0.15, 0.2) is 34.9 Å². The van der Waals surface area contributed by atoms with Crippen LogP contribution < -0.4 is 0 Å². The average Bonchev–Trinajstić information content (AvgIpc) is 2.77. The molecule has 0 atom stereocenters. The molecule has 0 radical (unpaired) electrons. The molecule has 0 saturated carbocycles. The van der Waals surface area contributed by atoms with E-state index in [0.717, 1.165) is 0 Å². The van der Waals surface area contributed by atoms with E-state index in [4.69, 9.17) is 0 Å². The highest BCUT2D eigenvalue weighted by atomic mass is 19.4. The number of halogens is 16. The minimum absolute atomic E-state index is 0.796. The maximum absolute atomic E-state index is 14.6. The molecule has 0 aliphatic carbocycles. The SMILES string of the molecule is Fc1nc(F)c(F)c(-c2c(F)c(F)c(-c3cc(C(F)(F)C(F)(F)F)nc(C(F)(F)F)n3)c(F)c2F)c1F. The monoisotopic (exact) mass is 563 g/mol. The third-order valence-corrected chi connectivity index (χ3v) is 4.42. The molecule has 0 saturated heterocycles. The fraction of sp³-hybridized carbons (Fsp3) is 0.167. The van der Waals surface area contributed by atoms with E-state index in [1.807, 2.05) is 9.97 Å². The molecule has 2 heterocycles. The highest BCUT2D eigenvalue weighted by Crippen LogP contribution is 2.45. The minimum Gasteiger partial charge on any atom is -0.224 e. The van der Waals surface area contributed by atoms with Gasteiger partial charge < -0.3 is 0 Å². The van der Waals surface area contributed by atoms with Gasteiger partial charge in [0.05, 0.1) is 22.4 Å². The van der Waals surface area contributed by atoms with E-state index in [9.17, 15) is 70.2 Å². The van der Waals surface area contributed by atoms with E-state index in [-0.39, 0.29) is 0 Å². The van der Waals surface area contributed by atoms with E-state index in [2.05, 4.69) is 4.98 Å². The van der Waals surface area contributed by atoms with Crippen molar-refractivity contribution in [1.29, 1.82) is 0 Å². The highest BCUT2D eigenvalue weighted by molar-refractivity contribution is 5.72. The maximum Gasteiger partial charge on any atom is 0.459 e. The molecule has 0 fully saturated rings. The molecule has 200 valence electrons. The van der Waals surface area contributed by atoms with Crippen LogP contribution in [-0.4, -0.2) is 21.1 Å². The summed E-state index contributed by atoms with van der Waals surface area (Å²) in [6.07, 6.45) is -12.6. The number of aromatic nitrogens is 3. The van der Waals surface area contributed by atoms with Crippen molar-refractivity contribution in [3.8, 4) is 22.4 Å². The number of rotatable bonds is 3. The van der Waals surface area contributed by atoms with Gasteiger partial charge in [-0.15, -0.1) is 0 Å². The Labute approximate surface area is 191 Å². The number of hydrogen-bond acceptors (Lipinski definition) is 3. The van der Waals surface area contributed by atoms with E-state index in [0.29, 0.717) is 0 Å². The van der Waals surface area contributed by atoms with Crippen molar-refractivity contribution in [3.05, 3.63) is 64.4 Å². The average molecular weight is 563 g/mol. The van der Waals surface area contributed by atoms with Gasteiger partial charge in [-0.3, -0.25) is 0 Å². The smallest absolute Gasteiger partial charge is 0.224 e. The fourth-order valence-electron chi connectivity index (χ4n) is 2.79. The van der Waals surface area contributed by atoms with Crippen molar-refractivity contribution in [3.63, 3.8) is 0 Å². The second kappa shape index (κ2) is 8.72. The molecule has 0 unspecified atom stereocenters. The second-order valence-electron chi connectivity index (χ2n) is 6.73. The Hall–Kier alpha value is -3.67. The molecule has 0 amide bonds. The molecule has 3 nitrogen and oxygen atoms in total. The molecule has 37 heavy (non-hydrogen) atoms. The van der Waals surface area contributed by atoms with Gasteiger partial charge in [0.2, 0.25) is 5.82 Å². The van der Waals surface area contributed by atoms with Crippen molar-refractivity contribution in [2.24, 2.45) is 0 Å². The molecule has 0 bridgehead atoms. The summed E-state index contributed by atoms with van der Waals surface area (Å²) in [5.41, 5.74) is -12.5. The van der Waals surface area contributed by atoms with Crippen LogP contribution in [0, 0.1) is 46.8 Å². The Morgan fingerprint density at radius 2 is 0.892 bits per heavy atom. The third kappa shape index (κ3) is 4.50. The molecule has 0 aliphatic rings. The van der Waals surface area contributed by atoms with Crippen LogP contribution in [-0.2, 0) is 12.1 Å². The standard InChI is InChI=1S/C18HF16N3/c19-7-4(2-1-3(16(27,28)18(32,33)34)36-15(35-2)17(29,30)31)8(20)10(22)5(9(7)21)6-11(23)13(25)37-14(26)12(6)24/h1H. The molecule has 0 spiro atoms. The van der Waals surface area contributed by atoms with Crippen LogP contribution in [0.5, 0.6) is 0 Å². The van der Waals surface area contributed by atoms with Crippen LogP contribution in [0.4, 0.5) is 70.2 Å². The van der Waals surface area contributed by atoms with Crippen molar-refractivity contribution >= 4 is 0 Å². The van der Waals surface area contributed by atoms with Crippen molar-refractivity contribution in [2.45, 2.75) is 18.3 Å². The number of benzene rings is 1. The van der Waals surface area contributed by atoms with Crippen molar-refractivity contribution < 1.29 is 70.2 Å². The zero-order valence-electron chi connectivity index (χ0n) is 16.5. The molecule has 1 aromatic carbocycles. The Kier molecular flexibility index (Phi) is 6.58. The van der Waals surface area contributed by atoms with Crippen molar-refractivity contribution in [1.82, 2.24) is 15.0 Å². The Bertz CT molecular complexity index is 1350. The zero-order valence-corrected chi connectivity index (χ0v) is 16.5.